The van der Waals surface area contributed by atoms with E-state index in [4.69, 9.17) is 18.6 Å². The van der Waals surface area contributed by atoms with E-state index in [1.807, 2.05) is 19.3 Å². The van der Waals surface area contributed by atoms with Crippen LogP contribution in [-0.4, -0.2) is 43.8 Å². The predicted molar refractivity (Wildman–Crippen MR) is 119 cm³/mol. The number of ether oxygens (including phenoxy) is 3. The van der Waals surface area contributed by atoms with Gasteiger partial charge in [-0.2, -0.15) is 0 Å². The summed E-state index contributed by atoms with van der Waals surface area (Å²) in [6.07, 6.45) is 8.05. The van der Waals surface area contributed by atoms with Gasteiger partial charge >= 0.3 is 5.97 Å². The fourth-order valence-electron chi connectivity index (χ4n) is 8.54. The molecule has 0 spiro atoms. The molecule has 2 saturated heterocycles. The number of rotatable bonds is 3. The van der Waals surface area contributed by atoms with E-state index in [1.54, 1.807) is 12.3 Å². The molecule has 0 aromatic carbocycles. The minimum Gasteiger partial charge on any atom is -0.472 e. The summed E-state index contributed by atoms with van der Waals surface area (Å²) in [5.41, 5.74) is 2.36. The van der Waals surface area contributed by atoms with Gasteiger partial charge in [-0.05, 0) is 54.9 Å². The predicted octanol–water partition coefficient (Wildman–Crippen LogP) is 4.22. The molecule has 9 atom stereocenters. The zero-order valence-corrected chi connectivity index (χ0v) is 19.9. The standard InChI is InChI=1S/C27H32O6/c1-14-16(15-7-9-31-12-15)10-17-21(14)27(4)18(11-20(29)30-5)25(2)8-6-19(28)26(3)13-32-22(23(25)26)24(27)33-17/h6-9,12,16-18,22-24H,10-11,13H2,1-5H3/t16-,17-,18-,22-,23-,24-,25-,26-,27-/m1/s1. The SMILES string of the molecule is COC(=O)C[C@@H]1[C@@]2(C)C=CC(=O)[C@@]3(C)CO[C@@H]([C@H]4O[C@@H]5C[C@@H](c6ccoc6)C(C)=C5[C@]41C)[C@H]23. The number of fused-ring (bicyclic) bond motifs is 4. The molecule has 0 amide bonds. The molecule has 0 unspecified atom stereocenters. The molecule has 5 aliphatic rings. The van der Waals surface area contributed by atoms with Crippen molar-refractivity contribution in [2.75, 3.05) is 13.7 Å². The van der Waals surface area contributed by atoms with E-state index in [-0.39, 0.29) is 54.2 Å². The molecule has 2 aliphatic heterocycles. The van der Waals surface area contributed by atoms with Crippen molar-refractivity contribution in [3.63, 3.8) is 0 Å². The topological polar surface area (TPSA) is 75.0 Å². The van der Waals surface area contributed by atoms with Crippen molar-refractivity contribution in [1.29, 1.82) is 0 Å². The van der Waals surface area contributed by atoms with Crippen LogP contribution in [0, 0.1) is 28.1 Å². The lowest BCUT2D eigenvalue weighted by Gasteiger charge is -2.60. The zero-order valence-electron chi connectivity index (χ0n) is 19.9. The Bertz CT molecular complexity index is 1080. The van der Waals surface area contributed by atoms with Gasteiger partial charge in [-0.25, -0.2) is 0 Å². The van der Waals surface area contributed by atoms with Gasteiger partial charge in [0.15, 0.2) is 5.78 Å². The van der Waals surface area contributed by atoms with E-state index in [0.29, 0.717) is 6.61 Å². The number of esters is 1. The monoisotopic (exact) mass is 452 g/mol. The Morgan fingerprint density at radius 1 is 1.27 bits per heavy atom. The summed E-state index contributed by atoms with van der Waals surface area (Å²) in [6, 6.07) is 2.03. The van der Waals surface area contributed by atoms with Crippen LogP contribution in [-0.2, 0) is 23.8 Å². The zero-order chi connectivity index (χ0) is 23.3. The van der Waals surface area contributed by atoms with Crippen molar-refractivity contribution in [2.24, 2.45) is 28.1 Å². The maximum absolute atomic E-state index is 13.0. The van der Waals surface area contributed by atoms with Gasteiger partial charge in [0, 0.05) is 17.3 Å². The van der Waals surface area contributed by atoms with Crippen LogP contribution >= 0.6 is 0 Å². The molecular formula is C27H32O6. The van der Waals surface area contributed by atoms with Crippen LogP contribution in [0.25, 0.3) is 0 Å². The van der Waals surface area contributed by atoms with Gasteiger partial charge in [0.2, 0.25) is 0 Å². The smallest absolute Gasteiger partial charge is 0.305 e. The molecule has 6 nitrogen and oxygen atoms in total. The Hall–Kier alpha value is -2.18. The van der Waals surface area contributed by atoms with E-state index < -0.39 is 16.2 Å². The maximum Gasteiger partial charge on any atom is 0.305 e. The minimum atomic E-state index is -0.603. The molecule has 0 N–H and O–H groups in total. The van der Waals surface area contributed by atoms with Crippen molar-refractivity contribution in [1.82, 2.24) is 0 Å². The van der Waals surface area contributed by atoms with Gasteiger partial charge in [0.1, 0.15) is 0 Å². The van der Waals surface area contributed by atoms with Gasteiger partial charge in [-0.1, -0.05) is 25.5 Å². The molecule has 0 bridgehead atoms. The van der Waals surface area contributed by atoms with Crippen molar-refractivity contribution < 1.29 is 28.2 Å². The number of hydrogen-bond donors (Lipinski definition) is 0. The largest absolute Gasteiger partial charge is 0.472 e. The van der Waals surface area contributed by atoms with Crippen molar-refractivity contribution in [2.45, 2.75) is 64.8 Å². The molecule has 1 aromatic rings. The fourth-order valence-corrected chi connectivity index (χ4v) is 8.54. The maximum atomic E-state index is 13.0. The van der Waals surface area contributed by atoms with Gasteiger partial charge in [-0.3, -0.25) is 9.59 Å². The normalized spacial score (nSPS) is 47.5. The van der Waals surface area contributed by atoms with Gasteiger partial charge < -0.3 is 18.6 Å². The first-order chi connectivity index (χ1) is 15.7. The molecule has 1 saturated carbocycles. The molecule has 3 heterocycles. The number of ketones is 1. The summed E-state index contributed by atoms with van der Waals surface area (Å²) < 4.78 is 23.8. The first-order valence-corrected chi connectivity index (χ1v) is 12.0. The second kappa shape index (κ2) is 6.70. The molecule has 6 rings (SSSR count). The third-order valence-corrected chi connectivity index (χ3v) is 9.94. The summed E-state index contributed by atoms with van der Waals surface area (Å²) in [4.78, 5) is 25.8. The number of carbonyl (C=O) groups excluding carboxylic acids is 2. The van der Waals surface area contributed by atoms with E-state index in [2.05, 4.69) is 26.8 Å². The summed E-state index contributed by atoms with van der Waals surface area (Å²) in [6.45, 7) is 9.08. The minimum absolute atomic E-state index is 0.0288. The second-order valence-electron chi connectivity index (χ2n) is 11.3. The lowest BCUT2D eigenvalue weighted by atomic mass is 9.42. The Morgan fingerprint density at radius 3 is 2.76 bits per heavy atom. The van der Waals surface area contributed by atoms with Crippen molar-refractivity contribution in [3.05, 3.63) is 47.5 Å². The first-order valence-electron chi connectivity index (χ1n) is 12.0. The Morgan fingerprint density at radius 2 is 2.06 bits per heavy atom. The number of hydrogen-bond acceptors (Lipinski definition) is 6. The molecule has 0 radical (unpaired) electrons. The van der Waals surface area contributed by atoms with Crippen LogP contribution < -0.4 is 0 Å². The lowest BCUT2D eigenvalue weighted by Crippen LogP contribution is -2.64. The number of methoxy groups -OCH3 is 1. The highest BCUT2D eigenvalue weighted by molar-refractivity contribution is 5.96. The number of carbonyl (C=O) groups is 2. The summed E-state index contributed by atoms with van der Waals surface area (Å²) in [5.74, 6) is 0.00832. The molecule has 33 heavy (non-hydrogen) atoms. The quantitative estimate of drug-likeness (QED) is 0.505. The average molecular weight is 453 g/mol. The molecule has 6 heteroatoms. The van der Waals surface area contributed by atoms with Crippen LogP contribution in [0.1, 0.15) is 52.0 Å². The summed E-state index contributed by atoms with van der Waals surface area (Å²) in [5, 5.41) is 0. The molecular weight excluding hydrogens is 420 g/mol. The van der Waals surface area contributed by atoms with E-state index in [1.165, 1.54) is 18.3 Å². The fraction of sp³-hybridized carbons (Fsp3) is 0.630. The van der Waals surface area contributed by atoms with Crippen LogP contribution in [0.15, 0.2) is 46.3 Å². The Labute approximate surface area is 194 Å². The van der Waals surface area contributed by atoms with E-state index in [0.717, 1.165) is 12.0 Å². The number of furan rings is 1. The summed E-state index contributed by atoms with van der Waals surface area (Å²) in [7, 11) is 1.45. The van der Waals surface area contributed by atoms with Crippen LogP contribution in [0.5, 0.6) is 0 Å². The second-order valence-corrected chi connectivity index (χ2v) is 11.3. The first kappa shape index (κ1) is 21.4. The van der Waals surface area contributed by atoms with Gasteiger partial charge in [-0.15, -0.1) is 0 Å². The number of allylic oxidation sites excluding steroid dienone is 3. The average Bonchev–Trinajstić information content (AvgIpc) is 3.54. The van der Waals surface area contributed by atoms with Crippen LogP contribution in [0.3, 0.4) is 0 Å². The molecule has 176 valence electrons. The van der Waals surface area contributed by atoms with Crippen molar-refractivity contribution >= 4 is 11.8 Å². The Kier molecular flexibility index (Phi) is 4.33. The highest BCUT2D eigenvalue weighted by atomic mass is 16.6. The molecule has 1 aromatic heterocycles. The summed E-state index contributed by atoms with van der Waals surface area (Å²) >= 11 is 0. The van der Waals surface area contributed by atoms with Gasteiger partial charge in [0.05, 0.1) is 56.4 Å². The lowest BCUT2D eigenvalue weighted by molar-refractivity contribution is -0.177. The van der Waals surface area contributed by atoms with Crippen LogP contribution in [0.2, 0.25) is 0 Å². The van der Waals surface area contributed by atoms with E-state index >= 15 is 0 Å². The van der Waals surface area contributed by atoms with Gasteiger partial charge in [0.25, 0.3) is 0 Å². The third-order valence-electron chi connectivity index (χ3n) is 9.94. The Balaban J connectivity index is 1.55. The van der Waals surface area contributed by atoms with E-state index in [9.17, 15) is 9.59 Å². The molecule has 3 fully saturated rings. The van der Waals surface area contributed by atoms with Crippen LogP contribution in [0.4, 0.5) is 0 Å². The highest BCUT2D eigenvalue weighted by Crippen LogP contribution is 2.71. The molecule has 3 aliphatic carbocycles. The van der Waals surface area contributed by atoms with Crippen molar-refractivity contribution in [3.8, 4) is 0 Å². The third kappa shape index (κ3) is 2.46. The highest BCUT2D eigenvalue weighted by Gasteiger charge is 2.74.